The Morgan fingerprint density at radius 3 is 2.55 bits per heavy atom. The van der Waals surface area contributed by atoms with Crippen LogP contribution in [0.1, 0.15) is 37.0 Å². The number of hydrogen-bond donors (Lipinski definition) is 1. The quantitative estimate of drug-likeness (QED) is 0.234. The Morgan fingerprint density at radius 2 is 1.97 bits per heavy atom. The molecule has 2 heterocycles. The number of carbonyl (C=O) groups is 1. The van der Waals surface area contributed by atoms with Crippen LogP contribution in [-0.4, -0.2) is 60.5 Å². The summed E-state index contributed by atoms with van der Waals surface area (Å²) < 4.78 is 29.1. The van der Waals surface area contributed by atoms with Crippen LogP contribution in [0.15, 0.2) is 48.1 Å². The summed E-state index contributed by atoms with van der Waals surface area (Å²) in [5.74, 6) is -1.47. The maximum atomic E-state index is 12.5. The molecule has 2 aliphatic rings. The minimum absolute atomic E-state index is 0.415. The van der Waals surface area contributed by atoms with Gasteiger partial charge >= 0.3 is 5.97 Å². The van der Waals surface area contributed by atoms with Gasteiger partial charge in [-0.1, -0.05) is 29.9 Å². The van der Waals surface area contributed by atoms with Crippen molar-refractivity contribution >= 4 is 12.2 Å². The van der Waals surface area contributed by atoms with Crippen LogP contribution >= 0.6 is 0 Å². The SMILES string of the molecule is C=C[C@H](OC(=O)c1ccccc1)[C@@H]1OC(C)(C)O[C@@H]1[C@@H](/C=N/O)OC1CCCO1. The molecule has 8 heteroatoms. The van der Waals surface area contributed by atoms with Crippen molar-refractivity contribution < 1.29 is 33.7 Å². The van der Waals surface area contributed by atoms with E-state index < -0.39 is 42.5 Å². The fourth-order valence-corrected chi connectivity index (χ4v) is 3.43. The number of benzene rings is 1. The van der Waals surface area contributed by atoms with Crippen molar-refractivity contribution in [2.75, 3.05) is 6.61 Å². The van der Waals surface area contributed by atoms with Crippen LogP contribution in [0.2, 0.25) is 0 Å². The molecule has 1 aromatic carbocycles. The van der Waals surface area contributed by atoms with Crippen LogP contribution in [0.4, 0.5) is 0 Å². The first kappa shape index (κ1) is 21.4. The highest BCUT2D eigenvalue weighted by atomic mass is 16.8. The molecule has 8 nitrogen and oxygen atoms in total. The lowest BCUT2D eigenvalue weighted by Gasteiger charge is -2.28. The fourth-order valence-electron chi connectivity index (χ4n) is 3.43. The van der Waals surface area contributed by atoms with E-state index in [0.29, 0.717) is 12.2 Å². The number of ether oxygens (including phenoxy) is 5. The Labute approximate surface area is 170 Å². The lowest BCUT2D eigenvalue weighted by Crippen LogP contribution is -2.46. The number of nitrogens with zero attached hydrogens (tertiary/aromatic N) is 1. The van der Waals surface area contributed by atoms with Gasteiger partial charge in [-0.3, -0.25) is 0 Å². The first-order chi connectivity index (χ1) is 13.9. The molecule has 29 heavy (non-hydrogen) atoms. The van der Waals surface area contributed by atoms with Gasteiger partial charge in [-0.05, 0) is 38.5 Å². The Bertz CT molecular complexity index is 715. The molecule has 0 spiro atoms. The summed E-state index contributed by atoms with van der Waals surface area (Å²) in [4.78, 5) is 12.5. The van der Waals surface area contributed by atoms with E-state index in [9.17, 15) is 4.79 Å². The molecule has 0 radical (unpaired) electrons. The number of carbonyl (C=O) groups excluding carboxylic acids is 1. The van der Waals surface area contributed by atoms with Crippen molar-refractivity contribution in [2.24, 2.45) is 5.16 Å². The monoisotopic (exact) mass is 405 g/mol. The van der Waals surface area contributed by atoms with E-state index in [1.54, 1.807) is 38.1 Å². The molecule has 1 unspecified atom stereocenters. The average molecular weight is 405 g/mol. The Morgan fingerprint density at radius 1 is 1.28 bits per heavy atom. The molecule has 0 saturated carbocycles. The minimum Gasteiger partial charge on any atom is -0.452 e. The molecule has 2 fully saturated rings. The van der Waals surface area contributed by atoms with Crippen LogP contribution in [0.3, 0.4) is 0 Å². The highest BCUT2D eigenvalue weighted by Crippen LogP contribution is 2.34. The van der Waals surface area contributed by atoms with Crippen molar-refractivity contribution in [1.82, 2.24) is 0 Å². The first-order valence-electron chi connectivity index (χ1n) is 9.62. The van der Waals surface area contributed by atoms with Gasteiger partial charge in [0.15, 0.2) is 12.1 Å². The highest BCUT2D eigenvalue weighted by Gasteiger charge is 2.50. The smallest absolute Gasteiger partial charge is 0.338 e. The van der Waals surface area contributed by atoms with Crippen molar-refractivity contribution in [3.8, 4) is 0 Å². The van der Waals surface area contributed by atoms with E-state index in [1.807, 2.05) is 6.07 Å². The summed E-state index contributed by atoms with van der Waals surface area (Å²) in [7, 11) is 0. The summed E-state index contributed by atoms with van der Waals surface area (Å²) in [6, 6.07) is 8.65. The van der Waals surface area contributed by atoms with E-state index >= 15 is 0 Å². The Hall–Kier alpha value is -2.26. The third-order valence-electron chi connectivity index (χ3n) is 4.71. The molecule has 0 amide bonds. The molecule has 1 aromatic rings. The third-order valence-corrected chi connectivity index (χ3v) is 4.71. The van der Waals surface area contributed by atoms with Crippen molar-refractivity contribution in [2.45, 2.75) is 63.2 Å². The highest BCUT2D eigenvalue weighted by molar-refractivity contribution is 5.89. The molecular weight excluding hydrogens is 378 g/mol. The van der Waals surface area contributed by atoms with Crippen LogP contribution in [0.5, 0.6) is 0 Å². The van der Waals surface area contributed by atoms with Crippen molar-refractivity contribution in [3.63, 3.8) is 0 Å². The summed E-state index contributed by atoms with van der Waals surface area (Å²) in [6.07, 6.45) is 0.882. The second kappa shape index (κ2) is 9.49. The van der Waals surface area contributed by atoms with Gasteiger partial charge in [-0.2, -0.15) is 0 Å². The third kappa shape index (κ3) is 5.42. The number of rotatable bonds is 8. The number of oxime groups is 1. The second-order valence-corrected chi connectivity index (χ2v) is 7.34. The topological polar surface area (TPSA) is 95.8 Å². The zero-order valence-corrected chi connectivity index (χ0v) is 16.6. The summed E-state index contributed by atoms with van der Waals surface area (Å²) in [5, 5.41) is 12.2. The van der Waals surface area contributed by atoms with Gasteiger partial charge in [-0.15, -0.1) is 0 Å². The van der Waals surface area contributed by atoms with Crippen LogP contribution in [-0.2, 0) is 23.7 Å². The van der Waals surface area contributed by atoms with Crippen LogP contribution in [0.25, 0.3) is 0 Å². The first-order valence-corrected chi connectivity index (χ1v) is 9.62. The van der Waals surface area contributed by atoms with E-state index in [-0.39, 0.29) is 0 Å². The minimum atomic E-state index is -0.961. The Kier molecular flexibility index (Phi) is 7.02. The van der Waals surface area contributed by atoms with E-state index in [4.69, 9.17) is 28.9 Å². The van der Waals surface area contributed by atoms with Gasteiger partial charge in [-0.25, -0.2) is 4.79 Å². The zero-order chi connectivity index (χ0) is 20.9. The van der Waals surface area contributed by atoms with Gasteiger partial charge in [0.2, 0.25) is 0 Å². The van der Waals surface area contributed by atoms with E-state index in [2.05, 4.69) is 11.7 Å². The molecule has 2 saturated heterocycles. The van der Waals surface area contributed by atoms with Crippen LogP contribution in [0, 0.1) is 0 Å². The van der Waals surface area contributed by atoms with Gasteiger partial charge < -0.3 is 28.9 Å². The van der Waals surface area contributed by atoms with Gasteiger partial charge in [0.1, 0.15) is 24.4 Å². The largest absolute Gasteiger partial charge is 0.452 e. The molecule has 2 aliphatic heterocycles. The zero-order valence-electron chi connectivity index (χ0n) is 16.6. The predicted octanol–water partition coefficient (Wildman–Crippen LogP) is 2.90. The average Bonchev–Trinajstić information content (AvgIpc) is 3.33. The molecule has 1 N–H and O–H groups in total. The van der Waals surface area contributed by atoms with E-state index in [1.165, 1.54) is 12.3 Å². The normalized spacial score (nSPS) is 28.3. The second-order valence-electron chi connectivity index (χ2n) is 7.34. The fraction of sp³-hybridized carbons (Fsp3) is 0.524. The molecule has 0 aliphatic carbocycles. The van der Waals surface area contributed by atoms with Crippen molar-refractivity contribution in [1.29, 1.82) is 0 Å². The molecule has 3 rings (SSSR count). The lowest BCUT2D eigenvalue weighted by molar-refractivity contribution is -0.178. The lowest BCUT2D eigenvalue weighted by atomic mass is 10.0. The molecular formula is C21H27NO7. The number of esters is 1. The summed E-state index contributed by atoms with van der Waals surface area (Å²) in [5.41, 5.74) is 0.415. The standard InChI is InChI=1S/C21H27NO7/c1-4-15(27-20(23)14-9-6-5-7-10-14)18-19(29-21(2,3)28-18)16(13-22-24)26-17-11-8-12-25-17/h4-7,9-10,13,15-19,24H,1,8,11-12H2,2-3H3/b22-13+/t15-,16+,17?,18-,19+/m0/s1. The molecule has 0 bridgehead atoms. The van der Waals surface area contributed by atoms with Gasteiger partial charge in [0, 0.05) is 13.0 Å². The molecule has 158 valence electrons. The molecule has 0 aromatic heterocycles. The van der Waals surface area contributed by atoms with Crippen molar-refractivity contribution in [3.05, 3.63) is 48.6 Å². The maximum absolute atomic E-state index is 12.5. The van der Waals surface area contributed by atoms with E-state index in [0.717, 1.165) is 12.8 Å². The molecule has 5 atom stereocenters. The Balaban J connectivity index is 1.78. The predicted molar refractivity (Wildman–Crippen MR) is 104 cm³/mol. The summed E-state index contributed by atoms with van der Waals surface area (Å²) >= 11 is 0. The maximum Gasteiger partial charge on any atom is 0.338 e. The number of hydrogen-bond acceptors (Lipinski definition) is 8. The van der Waals surface area contributed by atoms with Crippen LogP contribution < -0.4 is 0 Å². The van der Waals surface area contributed by atoms with Gasteiger partial charge in [0.25, 0.3) is 0 Å². The van der Waals surface area contributed by atoms with Gasteiger partial charge in [0.05, 0.1) is 11.8 Å². The summed E-state index contributed by atoms with van der Waals surface area (Å²) in [6.45, 7) is 7.88.